The molecule has 1 aliphatic carbocycles. The van der Waals surface area contributed by atoms with Crippen LogP contribution in [0.3, 0.4) is 0 Å². The predicted octanol–water partition coefficient (Wildman–Crippen LogP) is 4.17. The van der Waals surface area contributed by atoms with Gasteiger partial charge in [-0.2, -0.15) is 0 Å². The summed E-state index contributed by atoms with van der Waals surface area (Å²) in [6.45, 7) is 4.10. The summed E-state index contributed by atoms with van der Waals surface area (Å²) >= 11 is 1.33. The summed E-state index contributed by atoms with van der Waals surface area (Å²) in [5.74, 6) is -1.05. The van der Waals surface area contributed by atoms with Crippen LogP contribution in [0.25, 0.3) is 0 Å². The second-order valence-electron chi connectivity index (χ2n) is 6.24. The van der Waals surface area contributed by atoms with E-state index in [1.54, 1.807) is 0 Å². The Morgan fingerprint density at radius 3 is 2.76 bits per heavy atom. The highest BCUT2D eigenvalue weighted by molar-refractivity contribution is 7.13. The lowest BCUT2D eigenvalue weighted by Gasteiger charge is -2.26. The number of aromatic nitrogens is 1. The number of halogens is 2. The molecular weight excluding hydrogens is 292 g/mol. The molecule has 0 unspecified atom stereocenters. The van der Waals surface area contributed by atoms with Crippen LogP contribution < -0.4 is 0 Å². The van der Waals surface area contributed by atoms with Crippen LogP contribution in [0.4, 0.5) is 8.78 Å². The number of benzene rings is 1. The first-order valence-electron chi connectivity index (χ1n) is 6.80. The van der Waals surface area contributed by atoms with Crippen LogP contribution in [-0.4, -0.2) is 10.8 Å². The van der Waals surface area contributed by atoms with Gasteiger partial charge in [-0.1, -0.05) is 19.9 Å². The van der Waals surface area contributed by atoms with E-state index in [0.29, 0.717) is 21.9 Å². The van der Waals surface area contributed by atoms with E-state index in [-0.39, 0.29) is 17.6 Å². The lowest BCUT2D eigenvalue weighted by molar-refractivity contribution is 0.0916. The van der Waals surface area contributed by atoms with Crippen LogP contribution in [0, 0.1) is 17.0 Å². The number of ketones is 1. The van der Waals surface area contributed by atoms with Gasteiger partial charge in [-0.15, -0.1) is 11.3 Å². The third-order valence-electron chi connectivity index (χ3n) is 3.64. The molecule has 1 heterocycles. The van der Waals surface area contributed by atoms with E-state index in [4.69, 9.17) is 0 Å². The Morgan fingerprint density at radius 1 is 1.29 bits per heavy atom. The Bertz CT molecular complexity index is 721. The van der Waals surface area contributed by atoms with Gasteiger partial charge in [0.05, 0.1) is 15.6 Å². The maximum atomic E-state index is 13.7. The van der Waals surface area contributed by atoms with Gasteiger partial charge in [-0.25, -0.2) is 13.8 Å². The summed E-state index contributed by atoms with van der Waals surface area (Å²) in [5, 5.41) is 0.705. The number of hydrogen-bond donors (Lipinski definition) is 0. The minimum Gasteiger partial charge on any atom is -0.293 e. The first-order chi connectivity index (χ1) is 9.84. The fourth-order valence-electron chi connectivity index (χ4n) is 2.67. The molecule has 0 fully saturated rings. The van der Waals surface area contributed by atoms with Crippen molar-refractivity contribution in [3.8, 4) is 0 Å². The lowest BCUT2D eigenvalue weighted by Crippen LogP contribution is -2.26. The smallest absolute Gasteiger partial charge is 0.175 e. The molecule has 0 radical (unpaired) electrons. The lowest BCUT2D eigenvalue weighted by atomic mass is 9.78. The summed E-state index contributed by atoms with van der Waals surface area (Å²) in [5.41, 5.74) is 1.14. The fourth-order valence-corrected chi connectivity index (χ4v) is 3.71. The molecule has 0 spiro atoms. The van der Waals surface area contributed by atoms with E-state index in [9.17, 15) is 13.6 Å². The van der Waals surface area contributed by atoms with Crippen molar-refractivity contribution >= 4 is 17.1 Å². The Kier molecular flexibility index (Phi) is 3.40. The molecule has 1 aliphatic rings. The van der Waals surface area contributed by atoms with Crippen molar-refractivity contribution in [2.24, 2.45) is 5.41 Å². The Balaban J connectivity index is 1.90. The average Bonchev–Trinajstić information content (AvgIpc) is 2.74. The number of fused-ring (bicyclic) bond motifs is 1. The standard InChI is InChI=1S/C16H15F2NOS/c1-16(2)7-12-15(13(20)8-16)21-14(19-12)5-9-3-4-10(17)6-11(9)18/h3-4,6H,5,7-8H2,1-2H3. The molecule has 1 aromatic heterocycles. The van der Waals surface area contributed by atoms with Crippen LogP contribution >= 0.6 is 11.3 Å². The van der Waals surface area contributed by atoms with E-state index in [0.717, 1.165) is 18.2 Å². The SMILES string of the molecule is CC1(C)CC(=O)c2sc(Cc3ccc(F)cc3F)nc2C1. The van der Waals surface area contributed by atoms with E-state index < -0.39 is 11.6 Å². The van der Waals surface area contributed by atoms with Gasteiger partial charge in [0, 0.05) is 18.9 Å². The molecule has 3 rings (SSSR count). The first kappa shape index (κ1) is 14.3. The fraction of sp³-hybridized carbons (Fsp3) is 0.375. The topological polar surface area (TPSA) is 30.0 Å². The minimum absolute atomic E-state index is 0.0729. The molecule has 0 atom stereocenters. The summed E-state index contributed by atoms with van der Waals surface area (Å²) < 4.78 is 26.6. The van der Waals surface area contributed by atoms with Gasteiger partial charge in [0.1, 0.15) is 11.6 Å². The molecule has 0 saturated carbocycles. The summed E-state index contributed by atoms with van der Waals surface area (Å²) in [6.07, 6.45) is 1.57. The number of nitrogens with zero attached hydrogens (tertiary/aromatic N) is 1. The van der Waals surface area contributed by atoms with Crippen molar-refractivity contribution < 1.29 is 13.6 Å². The normalized spacial score (nSPS) is 16.9. The second-order valence-corrected chi connectivity index (χ2v) is 7.32. The number of carbonyl (C=O) groups excluding carboxylic acids is 1. The third kappa shape index (κ3) is 2.88. The number of carbonyl (C=O) groups is 1. The van der Waals surface area contributed by atoms with Gasteiger partial charge in [0.2, 0.25) is 0 Å². The van der Waals surface area contributed by atoms with Crippen LogP contribution in [0.2, 0.25) is 0 Å². The number of hydrogen-bond acceptors (Lipinski definition) is 3. The van der Waals surface area contributed by atoms with E-state index >= 15 is 0 Å². The third-order valence-corrected chi connectivity index (χ3v) is 4.78. The summed E-state index contributed by atoms with van der Waals surface area (Å²) in [4.78, 5) is 17.3. The van der Waals surface area contributed by atoms with Gasteiger partial charge >= 0.3 is 0 Å². The molecule has 0 saturated heterocycles. The second kappa shape index (κ2) is 4.98. The highest BCUT2D eigenvalue weighted by Gasteiger charge is 2.33. The van der Waals surface area contributed by atoms with Crippen molar-refractivity contribution in [3.05, 3.63) is 51.0 Å². The highest BCUT2D eigenvalue weighted by Crippen LogP contribution is 2.37. The molecule has 21 heavy (non-hydrogen) atoms. The van der Waals surface area contributed by atoms with Gasteiger partial charge < -0.3 is 0 Å². The zero-order chi connectivity index (χ0) is 15.2. The van der Waals surface area contributed by atoms with Crippen molar-refractivity contribution in [1.29, 1.82) is 0 Å². The zero-order valence-electron chi connectivity index (χ0n) is 11.9. The largest absolute Gasteiger partial charge is 0.293 e. The van der Waals surface area contributed by atoms with Crippen LogP contribution in [0.1, 0.15) is 46.2 Å². The molecule has 1 aromatic carbocycles. The van der Waals surface area contributed by atoms with E-state index in [1.807, 2.05) is 13.8 Å². The van der Waals surface area contributed by atoms with Crippen LogP contribution in [-0.2, 0) is 12.8 Å². The average molecular weight is 307 g/mol. The van der Waals surface area contributed by atoms with Crippen molar-refractivity contribution in [1.82, 2.24) is 4.98 Å². The van der Waals surface area contributed by atoms with Crippen molar-refractivity contribution in [2.75, 3.05) is 0 Å². The first-order valence-corrected chi connectivity index (χ1v) is 7.61. The number of Topliss-reactive ketones (excluding diaryl/α,β-unsaturated/α-hetero) is 1. The Morgan fingerprint density at radius 2 is 2.05 bits per heavy atom. The Hall–Kier alpha value is -1.62. The predicted molar refractivity (Wildman–Crippen MR) is 77.7 cm³/mol. The summed E-state index contributed by atoms with van der Waals surface area (Å²) in [7, 11) is 0. The zero-order valence-corrected chi connectivity index (χ0v) is 12.7. The molecule has 0 aliphatic heterocycles. The van der Waals surface area contributed by atoms with Crippen LogP contribution in [0.15, 0.2) is 18.2 Å². The number of rotatable bonds is 2. The maximum absolute atomic E-state index is 13.7. The molecule has 2 nitrogen and oxygen atoms in total. The molecule has 2 aromatic rings. The van der Waals surface area contributed by atoms with Crippen molar-refractivity contribution in [3.63, 3.8) is 0 Å². The van der Waals surface area contributed by atoms with Gasteiger partial charge in [-0.05, 0) is 23.5 Å². The van der Waals surface area contributed by atoms with Crippen LogP contribution in [0.5, 0.6) is 0 Å². The molecule has 0 bridgehead atoms. The minimum atomic E-state index is -0.591. The number of thiazole rings is 1. The molecule has 110 valence electrons. The van der Waals surface area contributed by atoms with Gasteiger partial charge in [-0.3, -0.25) is 4.79 Å². The van der Waals surface area contributed by atoms with E-state index in [2.05, 4.69) is 4.98 Å². The molecule has 0 N–H and O–H groups in total. The Labute approximate surface area is 125 Å². The highest BCUT2D eigenvalue weighted by atomic mass is 32.1. The van der Waals surface area contributed by atoms with Crippen molar-refractivity contribution in [2.45, 2.75) is 33.1 Å². The summed E-state index contributed by atoms with van der Waals surface area (Å²) in [6, 6.07) is 3.54. The van der Waals surface area contributed by atoms with Gasteiger partial charge in [0.15, 0.2) is 5.78 Å². The van der Waals surface area contributed by atoms with E-state index in [1.165, 1.54) is 23.5 Å². The quantitative estimate of drug-likeness (QED) is 0.833. The van der Waals surface area contributed by atoms with Gasteiger partial charge in [0.25, 0.3) is 0 Å². The molecule has 5 heteroatoms. The monoisotopic (exact) mass is 307 g/mol. The maximum Gasteiger partial charge on any atom is 0.175 e. The molecule has 0 amide bonds. The molecular formula is C16H15F2NOS.